The summed E-state index contributed by atoms with van der Waals surface area (Å²) in [6, 6.07) is 3.53. The van der Waals surface area contributed by atoms with Crippen molar-refractivity contribution < 1.29 is 28.4 Å². The molecular formula is C20H27N3O6. The molecule has 2 unspecified atom stereocenters. The Kier molecular flexibility index (Phi) is 5.02. The zero-order valence-electron chi connectivity index (χ0n) is 17.1. The summed E-state index contributed by atoms with van der Waals surface area (Å²) in [5.74, 6) is 0.0901. The lowest BCUT2D eigenvalue weighted by atomic mass is 10.1. The van der Waals surface area contributed by atoms with Crippen LogP contribution in [0.25, 0.3) is 0 Å². The van der Waals surface area contributed by atoms with Gasteiger partial charge in [0.05, 0.1) is 24.3 Å². The van der Waals surface area contributed by atoms with E-state index in [-0.39, 0.29) is 23.9 Å². The highest BCUT2D eigenvalue weighted by atomic mass is 16.8. The summed E-state index contributed by atoms with van der Waals surface area (Å²) in [6.07, 6.45) is -0.369. The van der Waals surface area contributed by atoms with Gasteiger partial charge in [-0.05, 0) is 39.8 Å². The molecular weight excluding hydrogens is 378 g/mol. The minimum Gasteiger partial charge on any atom is -0.490 e. The number of fused-ring (bicyclic) bond motifs is 1. The Hall–Kier alpha value is -2.20. The van der Waals surface area contributed by atoms with E-state index in [0.29, 0.717) is 49.1 Å². The van der Waals surface area contributed by atoms with Crippen LogP contribution in [0.2, 0.25) is 0 Å². The summed E-state index contributed by atoms with van der Waals surface area (Å²) in [7, 11) is 0. The van der Waals surface area contributed by atoms with Crippen molar-refractivity contribution >= 4 is 11.7 Å². The molecule has 3 heterocycles. The van der Waals surface area contributed by atoms with E-state index in [0.717, 1.165) is 0 Å². The van der Waals surface area contributed by atoms with Crippen LogP contribution in [-0.4, -0.2) is 61.9 Å². The van der Waals surface area contributed by atoms with E-state index in [4.69, 9.17) is 39.6 Å². The molecule has 2 saturated heterocycles. The van der Waals surface area contributed by atoms with Gasteiger partial charge < -0.3 is 34.2 Å². The first-order chi connectivity index (χ1) is 13.6. The number of benzene rings is 1. The second-order valence-electron chi connectivity index (χ2n) is 8.18. The largest absolute Gasteiger partial charge is 0.490 e. The quantitative estimate of drug-likeness (QED) is 0.741. The summed E-state index contributed by atoms with van der Waals surface area (Å²) < 4.78 is 34.5. The number of aliphatic imine (C=N–C) groups is 1. The minimum atomic E-state index is -0.617. The molecule has 3 aliphatic heterocycles. The topological polar surface area (TPSA) is 118 Å². The fraction of sp³-hybridized carbons (Fsp3) is 0.600. The van der Waals surface area contributed by atoms with Gasteiger partial charge in [0.2, 0.25) is 0 Å². The summed E-state index contributed by atoms with van der Waals surface area (Å²) >= 11 is 0. The molecule has 0 spiro atoms. The number of nitrogens with one attached hydrogen (secondary N) is 1. The van der Waals surface area contributed by atoms with Crippen LogP contribution in [0.1, 0.15) is 38.8 Å². The molecule has 4 rings (SSSR count). The summed E-state index contributed by atoms with van der Waals surface area (Å²) in [5.41, 5.74) is 7.14. The zero-order valence-corrected chi connectivity index (χ0v) is 17.1. The second-order valence-corrected chi connectivity index (χ2v) is 8.18. The van der Waals surface area contributed by atoms with Gasteiger partial charge in [-0.1, -0.05) is 0 Å². The summed E-state index contributed by atoms with van der Waals surface area (Å²) in [5, 5.41) is 8.20. The molecule has 0 radical (unpaired) electrons. The van der Waals surface area contributed by atoms with Crippen molar-refractivity contribution in [1.29, 1.82) is 5.41 Å². The third-order valence-electron chi connectivity index (χ3n) is 4.84. The van der Waals surface area contributed by atoms with Crippen molar-refractivity contribution in [3.63, 3.8) is 0 Å². The maximum absolute atomic E-state index is 8.20. The molecule has 0 bridgehead atoms. The van der Waals surface area contributed by atoms with Crippen LogP contribution in [-0.2, 0) is 18.9 Å². The van der Waals surface area contributed by atoms with E-state index in [2.05, 4.69) is 4.99 Å². The minimum absolute atomic E-state index is 0.0449. The van der Waals surface area contributed by atoms with Crippen molar-refractivity contribution in [2.24, 2.45) is 10.7 Å². The number of ether oxygens (including phenoxy) is 6. The Morgan fingerprint density at radius 2 is 1.45 bits per heavy atom. The number of nitrogens with two attached hydrogens (primary N) is 1. The van der Waals surface area contributed by atoms with Gasteiger partial charge in [-0.15, -0.1) is 0 Å². The monoisotopic (exact) mass is 405 g/mol. The molecule has 0 aliphatic carbocycles. The lowest BCUT2D eigenvalue weighted by Gasteiger charge is -2.19. The summed E-state index contributed by atoms with van der Waals surface area (Å²) in [4.78, 5) is 4.09. The molecule has 29 heavy (non-hydrogen) atoms. The van der Waals surface area contributed by atoms with Gasteiger partial charge in [0, 0.05) is 0 Å². The Balaban J connectivity index is 1.47. The molecule has 3 aliphatic rings. The van der Waals surface area contributed by atoms with E-state index in [1.807, 2.05) is 27.7 Å². The zero-order chi connectivity index (χ0) is 20.8. The number of amidine groups is 2. The van der Waals surface area contributed by atoms with Crippen LogP contribution >= 0.6 is 0 Å². The highest BCUT2D eigenvalue weighted by Gasteiger charge is 2.35. The molecule has 0 aromatic heterocycles. The fourth-order valence-corrected chi connectivity index (χ4v) is 3.58. The lowest BCUT2D eigenvalue weighted by Crippen LogP contribution is -2.26. The number of rotatable bonds is 6. The maximum Gasteiger partial charge on any atom is 0.163 e. The van der Waals surface area contributed by atoms with Crippen LogP contribution in [0, 0.1) is 5.41 Å². The standard InChI is InChI=1S/C20H27N3O6/c1-19(2)26-9-11(28-19)7-24-13-5-6-14(16-15(13)17(21)23-18(16)22)25-8-12-10-27-20(3,4)29-12/h5-6,11-12H,7-10H2,1-4H3,(H3,21,22,23). The molecule has 2 atom stereocenters. The van der Waals surface area contributed by atoms with E-state index < -0.39 is 11.6 Å². The molecule has 9 nitrogen and oxygen atoms in total. The first kappa shape index (κ1) is 20.1. The first-order valence-electron chi connectivity index (χ1n) is 9.63. The molecule has 158 valence electrons. The van der Waals surface area contributed by atoms with Crippen molar-refractivity contribution in [2.45, 2.75) is 51.5 Å². The van der Waals surface area contributed by atoms with Crippen LogP contribution in [0.5, 0.6) is 11.5 Å². The molecule has 2 fully saturated rings. The average molecular weight is 405 g/mol. The van der Waals surface area contributed by atoms with Crippen molar-refractivity contribution in [3.05, 3.63) is 23.3 Å². The highest BCUT2D eigenvalue weighted by molar-refractivity contribution is 6.23. The Morgan fingerprint density at radius 1 is 0.966 bits per heavy atom. The van der Waals surface area contributed by atoms with Gasteiger partial charge >= 0.3 is 0 Å². The van der Waals surface area contributed by atoms with E-state index in [1.165, 1.54) is 0 Å². The normalized spacial score (nSPS) is 27.0. The smallest absolute Gasteiger partial charge is 0.163 e. The van der Waals surface area contributed by atoms with Gasteiger partial charge in [0.1, 0.15) is 42.8 Å². The lowest BCUT2D eigenvalue weighted by molar-refractivity contribution is -0.142. The predicted octanol–water partition coefficient (Wildman–Crippen LogP) is 1.79. The van der Waals surface area contributed by atoms with Crippen LogP contribution in [0.15, 0.2) is 17.1 Å². The molecule has 0 amide bonds. The number of hydrogen-bond donors (Lipinski definition) is 2. The third-order valence-corrected chi connectivity index (χ3v) is 4.84. The van der Waals surface area contributed by atoms with E-state index in [9.17, 15) is 0 Å². The fourth-order valence-electron chi connectivity index (χ4n) is 3.58. The van der Waals surface area contributed by atoms with E-state index >= 15 is 0 Å². The van der Waals surface area contributed by atoms with Gasteiger partial charge in [-0.3, -0.25) is 5.41 Å². The third kappa shape index (κ3) is 4.23. The Bertz CT molecular complexity index is 851. The van der Waals surface area contributed by atoms with Gasteiger partial charge in [0.25, 0.3) is 0 Å². The first-order valence-corrected chi connectivity index (χ1v) is 9.63. The van der Waals surface area contributed by atoms with Crippen LogP contribution in [0.4, 0.5) is 0 Å². The second kappa shape index (κ2) is 7.24. The molecule has 3 N–H and O–H groups in total. The number of hydrogen-bond acceptors (Lipinski definition) is 8. The summed E-state index contributed by atoms with van der Waals surface area (Å²) in [6.45, 7) is 8.96. The number of nitrogens with zero attached hydrogens (tertiary/aromatic N) is 1. The molecule has 0 saturated carbocycles. The molecule has 9 heteroatoms. The predicted molar refractivity (Wildman–Crippen MR) is 105 cm³/mol. The van der Waals surface area contributed by atoms with Gasteiger partial charge in [-0.25, -0.2) is 4.99 Å². The van der Waals surface area contributed by atoms with E-state index in [1.54, 1.807) is 12.1 Å². The SMILES string of the molecule is CC1(C)OCC(COc2ccc(OCC3COC(C)(C)O3)c3c2C(=N)N=C3N)O1. The maximum atomic E-state index is 8.20. The molecule has 1 aromatic carbocycles. The average Bonchev–Trinajstić information content (AvgIpc) is 3.27. The van der Waals surface area contributed by atoms with Crippen molar-refractivity contribution in [3.8, 4) is 11.5 Å². The Labute approximate surface area is 169 Å². The van der Waals surface area contributed by atoms with Crippen LogP contribution in [0.3, 0.4) is 0 Å². The van der Waals surface area contributed by atoms with Crippen molar-refractivity contribution in [1.82, 2.24) is 0 Å². The highest BCUT2D eigenvalue weighted by Crippen LogP contribution is 2.35. The van der Waals surface area contributed by atoms with Gasteiger partial charge in [0.15, 0.2) is 17.4 Å². The van der Waals surface area contributed by atoms with Crippen LogP contribution < -0.4 is 15.2 Å². The van der Waals surface area contributed by atoms with Gasteiger partial charge in [-0.2, -0.15) is 0 Å². The molecule has 1 aromatic rings. The van der Waals surface area contributed by atoms with Crippen molar-refractivity contribution in [2.75, 3.05) is 26.4 Å². The Morgan fingerprint density at radius 3 is 1.90 bits per heavy atom.